The molecule has 0 radical (unpaired) electrons. The Morgan fingerprint density at radius 2 is 2.00 bits per heavy atom. The Morgan fingerprint density at radius 3 is 2.84 bits per heavy atom. The third-order valence-corrected chi connectivity index (χ3v) is 4.62. The molecule has 3 heteroatoms. The van der Waals surface area contributed by atoms with E-state index in [1.54, 1.807) is 11.8 Å². The smallest absolute Gasteiger partial charge is 0.106 e. The van der Waals surface area contributed by atoms with Gasteiger partial charge in [-0.15, -0.1) is 0 Å². The summed E-state index contributed by atoms with van der Waals surface area (Å²) >= 11 is 1.73. The molecule has 3 rings (SSSR count). The SMILES string of the molecule is Cc1ccc(CN)c(Sc2ccc3c(c2)CCC3)n1. The van der Waals surface area contributed by atoms with Gasteiger partial charge in [0.05, 0.1) is 0 Å². The summed E-state index contributed by atoms with van der Waals surface area (Å²) in [6, 6.07) is 10.9. The lowest BCUT2D eigenvalue weighted by Crippen LogP contribution is -2.00. The van der Waals surface area contributed by atoms with Crippen LogP contribution in [0.4, 0.5) is 0 Å². The predicted molar refractivity (Wildman–Crippen MR) is 79.5 cm³/mol. The molecule has 1 heterocycles. The van der Waals surface area contributed by atoms with Gasteiger partial charge in [0, 0.05) is 17.1 Å². The number of hydrogen-bond donors (Lipinski definition) is 1. The van der Waals surface area contributed by atoms with Gasteiger partial charge in [-0.05, 0) is 61.1 Å². The highest BCUT2D eigenvalue weighted by Gasteiger charge is 2.12. The quantitative estimate of drug-likeness (QED) is 0.928. The molecule has 0 spiro atoms. The highest BCUT2D eigenvalue weighted by Crippen LogP contribution is 2.32. The third kappa shape index (κ3) is 2.67. The van der Waals surface area contributed by atoms with Crippen molar-refractivity contribution >= 4 is 11.8 Å². The number of rotatable bonds is 3. The number of nitrogens with zero attached hydrogens (tertiary/aromatic N) is 1. The lowest BCUT2D eigenvalue weighted by Gasteiger charge is -2.09. The maximum absolute atomic E-state index is 5.79. The summed E-state index contributed by atoms with van der Waals surface area (Å²) < 4.78 is 0. The Morgan fingerprint density at radius 1 is 1.16 bits per heavy atom. The molecule has 2 N–H and O–H groups in total. The summed E-state index contributed by atoms with van der Waals surface area (Å²) in [5, 5.41) is 1.04. The average molecular weight is 270 g/mol. The van der Waals surface area contributed by atoms with Crippen LogP contribution in [0.2, 0.25) is 0 Å². The fourth-order valence-corrected chi connectivity index (χ4v) is 3.56. The second kappa shape index (κ2) is 5.35. The second-order valence-corrected chi connectivity index (χ2v) is 6.07. The number of fused-ring (bicyclic) bond motifs is 1. The number of aryl methyl sites for hydroxylation is 3. The van der Waals surface area contributed by atoms with Gasteiger partial charge < -0.3 is 5.73 Å². The van der Waals surface area contributed by atoms with Crippen molar-refractivity contribution in [1.29, 1.82) is 0 Å². The number of hydrogen-bond acceptors (Lipinski definition) is 3. The zero-order valence-corrected chi connectivity index (χ0v) is 12.0. The second-order valence-electron chi connectivity index (χ2n) is 5.01. The maximum Gasteiger partial charge on any atom is 0.106 e. The van der Waals surface area contributed by atoms with E-state index in [1.165, 1.54) is 35.3 Å². The first-order valence-corrected chi connectivity index (χ1v) is 7.54. The summed E-state index contributed by atoms with van der Waals surface area (Å²) in [5.41, 5.74) is 11.0. The number of pyridine rings is 1. The van der Waals surface area contributed by atoms with Gasteiger partial charge in [-0.3, -0.25) is 0 Å². The molecule has 19 heavy (non-hydrogen) atoms. The minimum atomic E-state index is 0.542. The molecule has 0 unspecified atom stereocenters. The number of nitrogens with two attached hydrogens (primary N) is 1. The summed E-state index contributed by atoms with van der Waals surface area (Å²) in [6.07, 6.45) is 3.74. The van der Waals surface area contributed by atoms with E-state index in [0.717, 1.165) is 16.3 Å². The molecule has 1 aromatic heterocycles. The van der Waals surface area contributed by atoms with Gasteiger partial charge in [0.15, 0.2) is 0 Å². The van der Waals surface area contributed by atoms with Crippen molar-refractivity contribution in [2.45, 2.75) is 42.7 Å². The largest absolute Gasteiger partial charge is 0.326 e. The van der Waals surface area contributed by atoms with Crippen LogP contribution in [-0.2, 0) is 19.4 Å². The molecular formula is C16H18N2S. The lowest BCUT2D eigenvalue weighted by molar-refractivity contribution is 0.911. The van der Waals surface area contributed by atoms with Gasteiger partial charge in [-0.1, -0.05) is 23.9 Å². The monoisotopic (exact) mass is 270 g/mol. The molecule has 1 aromatic carbocycles. The molecule has 98 valence electrons. The lowest BCUT2D eigenvalue weighted by atomic mass is 10.1. The van der Waals surface area contributed by atoms with Gasteiger partial charge in [0.25, 0.3) is 0 Å². The van der Waals surface area contributed by atoms with E-state index in [4.69, 9.17) is 5.73 Å². The van der Waals surface area contributed by atoms with Gasteiger partial charge in [-0.25, -0.2) is 4.98 Å². The van der Waals surface area contributed by atoms with E-state index in [-0.39, 0.29) is 0 Å². The Labute approximate surface area is 118 Å². The van der Waals surface area contributed by atoms with Gasteiger partial charge >= 0.3 is 0 Å². The first kappa shape index (κ1) is 12.7. The van der Waals surface area contributed by atoms with Crippen molar-refractivity contribution in [2.24, 2.45) is 5.73 Å². The Balaban J connectivity index is 1.90. The van der Waals surface area contributed by atoms with Crippen LogP contribution in [0.5, 0.6) is 0 Å². The molecule has 1 aliphatic carbocycles. The van der Waals surface area contributed by atoms with E-state index < -0.39 is 0 Å². The highest BCUT2D eigenvalue weighted by atomic mass is 32.2. The molecular weight excluding hydrogens is 252 g/mol. The van der Waals surface area contributed by atoms with Crippen LogP contribution in [0.1, 0.15) is 28.8 Å². The highest BCUT2D eigenvalue weighted by molar-refractivity contribution is 7.99. The molecule has 0 fully saturated rings. The standard InChI is InChI=1S/C16H18N2S/c1-11-5-6-14(10-17)16(18-11)19-15-8-7-12-3-2-4-13(12)9-15/h5-9H,2-4,10,17H2,1H3. The molecule has 1 aliphatic rings. The van der Waals surface area contributed by atoms with Crippen molar-refractivity contribution in [3.05, 3.63) is 52.7 Å². The van der Waals surface area contributed by atoms with E-state index >= 15 is 0 Å². The summed E-state index contributed by atoms with van der Waals surface area (Å²) in [7, 11) is 0. The Hall–Kier alpha value is -1.32. The first-order valence-electron chi connectivity index (χ1n) is 6.72. The van der Waals surface area contributed by atoms with Crippen molar-refractivity contribution in [1.82, 2.24) is 4.98 Å². The van der Waals surface area contributed by atoms with Gasteiger partial charge in [-0.2, -0.15) is 0 Å². The predicted octanol–water partition coefficient (Wildman–Crippen LogP) is 3.49. The summed E-state index contributed by atoms with van der Waals surface area (Å²) in [4.78, 5) is 5.89. The van der Waals surface area contributed by atoms with Crippen molar-refractivity contribution in [2.75, 3.05) is 0 Å². The van der Waals surface area contributed by atoms with Crippen LogP contribution in [-0.4, -0.2) is 4.98 Å². The van der Waals surface area contributed by atoms with Gasteiger partial charge in [0.2, 0.25) is 0 Å². The van der Waals surface area contributed by atoms with E-state index in [2.05, 4.69) is 29.2 Å². The van der Waals surface area contributed by atoms with Crippen molar-refractivity contribution < 1.29 is 0 Å². The number of aromatic nitrogens is 1. The summed E-state index contributed by atoms with van der Waals surface area (Å²) in [6.45, 7) is 2.56. The molecule has 0 amide bonds. The van der Waals surface area contributed by atoms with Crippen molar-refractivity contribution in [3.8, 4) is 0 Å². The molecule has 0 aliphatic heterocycles. The van der Waals surface area contributed by atoms with Crippen LogP contribution >= 0.6 is 11.8 Å². The fourth-order valence-electron chi connectivity index (χ4n) is 2.53. The van der Waals surface area contributed by atoms with Crippen LogP contribution < -0.4 is 5.73 Å². The van der Waals surface area contributed by atoms with Crippen molar-refractivity contribution in [3.63, 3.8) is 0 Å². The maximum atomic E-state index is 5.79. The van der Waals surface area contributed by atoms with Gasteiger partial charge in [0.1, 0.15) is 5.03 Å². The van der Waals surface area contributed by atoms with E-state index in [0.29, 0.717) is 6.54 Å². The van der Waals surface area contributed by atoms with Crippen LogP contribution in [0.25, 0.3) is 0 Å². The fraction of sp³-hybridized carbons (Fsp3) is 0.312. The minimum absolute atomic E-state index is 0.542. The zero-order chi connectivity index (χ0) is 13.2. The Bertz CT molecular complexity index is 608. The minimum Gasteiger partial charge on any atom is -0.326 e. The zero-order valence-electron chi connectivity index (χ0n) is 11.1. The average Bonchev–Trinajstić information content (AvgIpc) is 2.86. The molecule has 0 saturated carbocycles. The van der Waals surface area contributed by atoms with E-state index in [9.17, 15) is 0 Å². The van der Waals surface area contributed by atoms with Crippen LogP contribution in [0.3, 0.4) is 0 Å². The number of benzene rings is 1. The third-order valence-electron chi connectivity index (χ3n) is 3.58. The molecule has 2 aromatic rings. The topological polar surface area (TPSA) is 38.9 Å². The van der Waals surface area contributed by atoms with Crippen LogP contribution in [0.15, 0.2) is 40.3 Å². The normalized spacial score (nSPS) is 13.6. The first-order chi connectivity index (χ1) is 9.26. The molecule has 2 nitrogen and oxygen atoms in total. The Kier molecular flexibility index (Phi) is 3.58. The summed E-state index contributed by atoms with van der Waals surface area (Å²) in [5.74, 6) is 0. The van der Waals surface area contributed by atoms with E-state index in [1.807, 2.05) is 13.0 Å². The molecule has 0 bridgehead atoms. The molecule has 0 atom stereocenters. The molecule has 0 saturated heterocycles. The van der Waals surface area contributed by atoms with Crippen LogP contribution in [0, 0.1) is 6.92 Å².